The first-order valence-electron chi connectivity index (χ1n) is 5.04. The van der Waals surface area contributed by atoms with Gasteiger partial charge in [-0.05, 0) is 6.26 Å². The zero-order valence-corrected chi connectivity index (χ0v) is 9.86. The van der Waals surface area contributed by atoms with Crippen molar-refractivity contribution in [3.05, 3.63) is 11.3 Å². The number of aromatic nitrogens is 2. The highest BCUT2D eigenvalue weighted by Gasteiger charge is 2.15. The molecular formula is C10H15N3OS. The molecule has 0 bridgehead atoms. The third kappa shape index (κ3) is 2.23. The predicted molar refractivity (Wildman–Crippen MR) is 61.6 cm³/mol. The van der Waals surface area contributed by atoms with E-state index in [0.29, 0.717) is 0 Å². The Morgan fingerprint density at radius 1 is 1.27 bits per heavy atom. The van der Waals surface area contributed by atoms with Gasteiger partial charge in [0, 0.05) is 25.5 Å². The van der Waals surface area contributed by atoms with Crippen molar-refractivity contribution >= 4 is 17.6 Å². The Morgan fingerprint density at radius 3 is 2.80 bits per heavy atom. The summed E-state index contributed by atoms with van der Waals surface area (Å²) in [5, 5.41) is 3.97. The van der Waals surface area contributed by atoms with E-state index >= 15 is 0 Å². The third-order valence-corrected chi connectivity index (χ3v) is 3.02. The van der Waals surface area contributed by atoms with Crippen LogP contribution in [0.2, 0.25) is 0 Å². The van der Waals surface area contributed by atoms with Gasteiger partial charge in [0.25, 0.3) is 0 Å². The summed E-state index contributed by atoms with van der Waals surface area (Å²) < 4.78 is 5.45. The molecule has 0 saturated carbocycles. The lowest BCUT2D eigenvalue weighted by Crippen LogP contribution is -2.07. The first-order valence-corrected chi connectivity index (χ1v) is 6.27. The molecule has 5 heteroatoms. The lowest BCUT2D eigenvalue weighted by atomic mass is 10.1. The van der Waals surface area contributed by atoms with Gasteiger partial charge in [-0.2, -0.15) is 0 Å². The van der Waals surface area contributed by atoms with E-state index in [9.17, 15) is 0 Å². The molecule has 0 unspecified atom stereocenters. The van der Waals surface area contributed by atoms with Crippen LogP contribution in [0.4, 0.5) is 5.82 Å². The molecule has 2 heterocycles. The van der Waals surface area contributed by atoms with Crippen molar-refractivity contribution < 1.29 is 4.74 Å². The fourth-order valence-corrected chi connectivity index (χ4v) is 2.10. The standard InChI is InChI=1S/C10H15N3OS/c1-11-9-7-3-5-14-6-4-8(7)12-10(13-9)15-2/h3-6H2,1-2H3,(H,11,12,13). The van der Waals surface area contributed by atoms with Crippen molar-refractivity contribution in [2.75, 3.05) is 31.8 Å². The summed E-state index contributed by atoms with van der Waals surface area (Å²) in [4.78, 5) is 8.98. The van der Waals surface area contributed by atoms with Gasteiger partial charge in [-0.25, -0.2) is 9.97 Å². The molecular weight excluding hydrogens is 210 g/mol. The van der Waals surface area contributed by atoms with Crippen LogP contribution in [0, 0.1) is 0 Å². The summed E-state index contributed by atoms with van der Waals surface area (Å²) in [6, 6.07) is 0. The van der Waals surface area contributed by atoms with Crippen molar-refractivity contribution in [3.8, 4) is 0 Å². The average Bonchev–Trinajstić information content (AvgIpc) is 2.52. The molecule has 1 aliphatic heterocycles. The van der Waals surface area contributed by atoms with E-state index in [2.05, 4.69) is 15.3 Å². The number of nitrogens with one attached hydrogen (secondary N) is 1. The molecule has 0 amide bonds. The van der Waals surface area contributed by atoms with Crippen LogP contribution < -0.4 is 5.32 Å². The van der Waals surface area contributed by atoms with Crippen LogP contribution in [-0.4, -0.2) is 36.5 Å². The largest absolute Gasteiger partial charge is 0.381 e. The zero-order valence-electron chi connectivity index (χ0n) is 9.04. The van der Waals surface area contributed by atoms with E-state index in [1.807, 2.05) is 13.3 Å². The number of hydrogen-bond donors (Lipinski definition) is 1. The Morgan fingerprint density at radius 2 is 2.07 bits per heavy atom. The van der Waals surface area contributed by atoms with Crippen molar-refractivity contribution in [3.63, 3.8) is 0 Å². The van der Waals surface area contributed by atoms with Crippen LogP contribution >= 0.6 is 11.8 Å². The maximum Gasteiger partial charge on any atom is 0.189 e. The van der Waals surface area contributed by atoms with Gasteiger partial charge in [0.1, 0.15) is 5.82 Å². The highest BCUT2D eigenvalue weighted by Crippen LogP contribution is 2.23. The second kappa shape index (κ2) is 4.81. The van der Waals surface area contributed by atoms with Crippen molar-refractivity contribution in [1.29, 1.82) is 0 Å². The van der Waals surface area contributed by atoms with Gasteiger partial charge in [-0.1, -0.05) is 11.8 Å². The summed E-state index contributed by atoms with van der Waals surface area (Å²) in [6.45, 7) is 1.53. The molecule has 0 atom stereocenters. The summed E-state index contributed by atoms with van der Waals surface area (Å²) in [5.41, 5.74) is 2.35. The maximum atomic E-state index is 5.45. The minimum absolute atomic E-state index is 0.765. The SMILES string of the molecule is CNc1nc(SC)nc2c1CCOCC2. The highest BCUT2D eigenvalue weighted by atomic mass is 32.2. The fourth-order valence-electron chi connectivity index (χ4n) is 1.72. The number of anilines is 1. The number of fused-ring (bicyclic) bond motifs is 1. The zero-order chi connectivity index (χ0) is 10.7. The summed E-state index contributed by atoms with van der Waals surface area (Å²) >= 11 is 1.57. The van der Waals surface area contributed by atoms with Crippen LogP contribution in [0.3, 0.4) is 0 Å². The van der Waals surface area contributed by atoms with E-state index < -0.39 is 0 Å². The third-order valence-electron chi connectivity index (χ3n) is 2.47. The van der Waals surface area contributed by atoms with Gasteiger partial charge in [-0.15, -0.1) is 0 Å². The van der Waals surface area contributed by atoms with Crippen molar-refractivity contribution in [1.82, 2.24) is 9.97 Å². The van der Waals surface area contributed by atoms with Crippen LogP contribution in [0.25, 0.3) is 0 Å². The van der Waals surface area contributed by atoms with E-state index in [1.54, 1.807) is 11.8 Å². The summed E-state index contributed by atoms with van der Waals surface area (Å²) in [7, 11) is 1.90. The highest BCUT2D eigenvalue weighted by molar-refractivity contribution is 7.98. The molecule has 2 rings (SSSR count). The van der Waals surface area contributed by atoms with Gasteiger partial charge in [0.15, 0.2) is 5.16 Å². The van der Waals surface area contributed by atoms with E-state index in [0.717, 1.165) is 42.7 Å². The van der Waals surface area contributed by atoms with E-state index in [-0.39, 0.29) is 0 Å². The Balaban J connectivity index is 2.45. The van der Waals surface area contributed by atoms with Crippen molar-refractivity contribution in [2.24, 2.45) is 0 Å². The quantitative estimate of drug-likeness (QED) is 0.608. The van der Waals surface area contributed by atoms with Gasteiger partial charge in [0.2, 0.25) is 0 Å². The van der Waals surface area contributed by atoms with E-state index in [4.69, 9.17) is 4.74 Å². The normalized spacial score (nSPS) is 15.6. The lowest BCUT2D eigenvalue weighted by Gasteiger charge is -2.10. The number of ether oxygens (including phenoxy) is 1. The maximum absolute atomic E-state index is 5.45. The summed E-state index contributed by atoms with van der Waals surface area (Å²) in [5.74, 6) is 0.954. The van der Waals surface area contributed by atoms with Gasteiger partial charge in [0.05, 0.1) is 18.9 Å². The summed E-state index contributed by atoms with van der Waals surface area (Å²) in [6.07, 6.45) is 3.79. The molecule has 1 N–H and O–H groups in total. The van der Waals surface area contributed by atoms with Gasteiger partial charge < -0.3 is 10.1 Å². The van der Waals surface area contributed by atoms with Crippen LogP contribution in [0.5, 0.6) is 0 Å². The Hall–Kier alpha value is -0.810. The molecule has 1 aliphatic rings. The molecule has 0 saturated heterocycles. The Labute approximate surface area is 93.8 Å². The Kier molecular flexibility index (Phi) is 3.43. The van der Waals surface area contributed by atoms with E-state index in [1.165, 1.54) is 5.56 Å². The van der Waals surface area contributed by atoms with Crippen LogP contribution in [-0.2, 0) is 17.6 Å². The number of hydrogen-bond acceptors (Lipinski definition) is 5. The number of thioether (sulfide) groups is 1. The second-order valence-corrected chi connectivity index (χ2v) is 4.12. The first kappa shape index (κ1) is 10.7. The van der Waals surface area contributed by atoms with Crippen LogP contribution in [0.1, 0.15) is 11.3 Å². The minimum atomic E-state index is 0.765. The van der Waals surface area contributed by atoms with Gasteiger partial charge in [-0.3, -0.25) is 0 Å². The van der Waals surface area contributed by atoms with Gasteiger partial charge >= 0.3 is 0 Å². The van der Waals surface area contributed by atoms with Crippen molar-refractivity contribution in [2.45, 2.75) is 18.0 Å². The molecule has 0 aliphatic carbocycles. The van der Waals surface area contributed by atoms with Crippen LogP contribution in [0.15, 0.2) is 5.16 Å². The molecule has 15 heavy (non-hydrogen) atoms. The minimum Gasteiger partial charge on any atom is -0.381 e. The number of rotatable bonds is 2. The topological polar surface area (TPSA) is 47.0 Å². The molecule has 4 nitrogen and oxygen atoms in total. The average molecular weight is 225 g/mol. The monoisotopic (exact) mass is 225 g/mol. The molecule has 82 valence electrons. The molecule has 1 aromatic rings. The molecule has 1 aromatic heterocycles. The smallest absolute Gasteiger partial charge is 0.189 e. The Bertz CT molecular complexity index is 357. The first-order chi connectivity index (χ1) is 7.35. The molecule has 0 radical (unpaired) electrons. The molecule has 0 aromatic carbocycles. The fraction of sp³-hybridized carbons (Fsp3) is 0.600. The lowest BCUT2D eigenvalue weighted by molar-refractivity contribution is 0.146. The molecule has 0 spiro atoms. The molecule has 0 fully saturated rings. The predicted octanol–water partition coefficient (Wildman–Crippen LogP) is 1.36. The number of nitrogens with zero attached hydrogens (tertiary/aromatic N) is 2. The second-order valence-electron chi connectivity index (χ2n) is 3.35.